The van der Waals surface area contributed by atoms with Crippen LogP contribution in [0, 0.1) is 6.92 Å². The van der Waals surface area contributed by atoms with Crippen molar-refractivity contribution in [2.45, 2.75) is 117 Å². The lowest BCUT2D eigenvalue weighted by Gasteiger charge is -2.48. The summed E-state index contributed by atoms with van der Waals surface area (Å²) in [5.74, 6) is 0. The molecule has 0 saturated carbocycles. The van der Waals surface area contributed by atoms with Crippen molar-refractivity contribution in [2.24, 2.45) is 0 Å². The summed E-state index contributed by atoms with van der Waals surface area (Å²) in [7, 11) is 0. The fourth-order valence-electron chi connectivity index (χ4n) is 12.1. The highest BCUT2D eigenvalue weighted by molar-refractivity contribution is 7.00. The van der Waals surface area contributed by atoms with Crippen molar-refractivity contribution in [1.82, 2.24) is 0 Å². The molecule has 0 N–H and O–H groups in total. The lowest BCUT2D eigenvalue weighted by molar-refractivity contribution is 0.521. The lowest BCUT2D eigenvalue weighted by atomic mass is 9.33. The Morgan fingerprint density at radius 3 is 1.57 bits per heavy atom. The van der Waals surface area contributed by atoms with Crippen molar-refractivity contribution in [3.63, 3.8) is 0 Å². The first-order chi connectivity index (χ1) is 29.7. The molecule has 0 saturated heterocycles. The van der Waals surface area contributed by atoms with Crippen molar-refractivity contribution in [1.29, 1.82) is 0 Å². The molecule has 2 nitrogen and oxygen atoms in total. The summed E-state index contributed by atoms with van der Waals surface area (Å²) < 4.78 is 0. The Morgan fingerprint density at radius 1 is 0.413 bits per heavy atom. The lowest BCUT2D eigenvalue weighted by Crippen LogP contribution is -2.62. The van der Waals surface area contributed by atoms with Crippen LogP contribution in [0.2, 0.25) is 0 Å². The number of hydrogen-bond acceptors (Lipinski definition) is 2. The molecule has 0 aromatic heterocycles. The highest BCUT2D eigenvalue weighted by Crippen LogP contribution is 2.57. The smallest absolute Gasteiger partial charge is 0.252 e. The molecular formula is C60H61BN2. The molecule has 4 aliphatic rings. The van der Waals surface area contributed by atoms with Crippen LogP contribution in [0.5, 0.6) is 0 Å². The summed E-state index contributed by atoms with van der Waals surface area (Å²) in [6, 6.07) is 52.4. The molecule has 0 fully saturated rings. The predicted octanol–water partition coefficient (Wildman–Crippen LogP) is 13.9. The van der Waals surface area contributed by atoms with Crippen LogP contribution in [0.3, 0.4) is 0 Å². The van der Waals surface area contributed by atoms with E-state index in [1.165, 1.54) is 112 Å². The molecule has 0 atom stereocenters. The van der Waals surface area contributed by atoms with E-state index >= 15 is 0 Å². The topological polar surface area (TPSA) is 6.48 Å². The molecule has 314 valence electrons. The molecule has 7 aromatic carbocycles. The van der Waals surface area contributed by atoms with E-state index in [0.29, 0.717) is 0 Å². The number of hydrogen-bond donors (Lipinski definition) is 0. The van der Waals surface area contributed by atoms with E-state index < -0.39 is 0 Å². The van der Waals surface area contributed by atoms with E-state index in [1.54, 1.807) is 0 Å². The first kappa shape index (κ1) is 40.0. The number of benzene rings is 7. The van der Waals surface area contributed by atoms with Gasteiger partial charge in [0, 0.05) is 50.2 Å². The fraction of sp³-hybridized carbons (Fsp3) is 0.300. The van der Waals surface area contributed by atoms with Gasteiger partial charge in [0.1, 0.15) is 0 Å². The van der Waals surface area contributed by atoms with Crippen LogP contribution < -0.4 is 26.2 Å². The maximum atomic E-state index is 2.69. The maximum Gasteiger partial charge on any atom is 0.252 e. The Hall–Kier alpha value is -5.80. The average molecular weight is 821 g/mol. The van der Waals surface area contributed by atoms with Crippen LogP contribution in [-0.4, -0.2) is 6.71 Å². The molecule has 0 unspecified atom stereocenters. The third-order valence-corrected chi connectivity index (χ3v) is 15.7. The van der Waals surface area contributed by atoms with E-state index in [4.69, 9.17) is 0 Å². The molecule has 0 spiro atoms. The van der Waals surface area contributed by atoms with E-state index in [9.17, 15) is 0 Å². The first-order valence-electron chi connectivity index (χ1n) is 23.2. The van der Waals surface area contributed by atoms with Crippen LogP contribution in [0.25, 0.3) is 11.1 Å². The molecule has 2 aliphatic carbocycles. The minimum absolute atomic E-state index is 0.0196. The second-order valence-electron chi connectivity index (χ2n) is 22.8. The number of fused-ring (bicyclic) bond motifs is 9. The molecule has 7 aromatic rings. The maximum absolute atomic E-state index is 2.69. The minimum atomic E-state index is -0.201. The molecule has 2 aliphatic heterocycles. The van der Waals surface area contributed by atoms with Crippen LogP contribution in [0.1, 0.15) is 133 Å². The Labute approximate surface area is 377 Å². The molecular weight excluding hydrogens is 759 g/mol. The SMILES string of the molecule is Cc1cc2c3c(c1)N(c1cccc4c1-c1ccccc1C4(C)C)c1cc4c(cc1B3c1cc(C(C)(C)C)ccc1N2c1ccc(C(C)(C)C)cc1)C(C)(C)c1ccccc1C4(C)C. The number of nitrogens with zero attached hydrogens (tertiary/aromatic N) is 2. The van der Waals surface area contributed by atoms with Gasteiger partial charge in [0.2, 0.25) is 0 Å². The van der Waals surface area contributed by atoms with Gasteiger partial charge in [-0.15, -0.1) is 0 Å². The van der Waals surface area contributed by atoms with E-state index in [-0.39, 0.29) is 33.8 Å². The largest absolute Gasteiger partial charge is 0.311 e. The summed E-state index contributed by atoms with van der Waals surface area (Å²) >= 11 is 0. The first-order valence-corrected chi connectivity index (χ1v) is 23.2. The van der Waals surface area contributed by atoms with Crippen molar-refractivity contribution >= 4 is 57.2 Å². The Balaban J connectivity index is 1.28. The molecule has 3 heteroatoms. The summed E-state index contributed by atoms with van der Waals surface area (Å²) in [5, 5.41) is 0. The normalized spacial score (nSPS) is 16.9. The second-order valence-corrected chi connectivity index (χ2v) is 22.8. The zero-order chi connectivity index (χ0) is 44.3. The summed E-state index contributed by atoms with van der Waals surface area (Å²) in [4.78, 5) is 5.27. The second kappa shape index (κ2) is 12.9. The van der Waals surface area contributed by atoms with Crippen LogP contribution in [0.4, 0.5) is 34.1 Å². The van der Waals surface area contributed by atoms with Gasteiger partial charge in [-0.3, -0.25) is 0 Å². The zero-order valence-electron chi connectivity index (χ0n) is 39.7. The van der Waals surface area contributed by atoms with E-state index in [2.05, 4.69) is 233 Å². The minimum Gasteiger partial charge on any atom is -0.311 e. The highest BCUT2D eigenvalue weighted by atomic mass is 15.2. The Bertz CT molecular complexity index is 3070. The number of aryl methyl sites for hydroxylation is 1. The number of anilines is 6. The summed E-state index contributed by atoms with van der Waals surface area (Å²) in [5.41, 5.74) is 26.3. The van der Waals surface area contributed by atoms with Gasteiger partial charge in [0.05, 0.1) is 5.69 Å². The van der Waals surface area contributed by atoms with Gasteiger partial charge in [-0.05, 0) is 132 Å². The third-order valence-electron chi connectivity index (χ3n) is 15.7. The van der Waals surface area contributed by atoms with E-state index in [0.717, 1.165) is 0 Å². The van der Waals surface area contributed by atoms with E-state index in [1.807, 2.05) is 0 Å². The van der Waals surface area contributed by atoms with Crippen molar-refractivity contribution in [2.75, 3.05) is 9.80 Å². The van der Waals surface area contributed by atoms with Crippen molar-refractivity contribution in [3.8, 4) is 11.1 Å². The van der Waals surface area contributed by atoms with Gasteiger partial charge in [-0.25, -0.2) is 0 Å². The molecule has 2 heterocycles. The standard InChI is InChI=1S/C60H61BN2/c1-36-31-52-55-53(32-36)63(50-24-18-23-44-54(50)40-19-14-15-20-41(40)58(44,8)9)51-35-46-45(59(10,11)42-21-16-17-22-43(42)60(46,12)13)34-48(51)61(55)47-33-38(57(5,6)7)27-30-49(47)62(52)39-28-25-37(26-29-39)56(2,3)4/h14-35H,1-13H3. The van der Waals surface area contributed by atoms with Gasteiger partial charge in [0.25, 0.3) is 6.71 Å². The van der Waals surface area contributed by atoms with Crippen LogP contribution in [0.15, 0.2) is 133 Å². The van der Waals surface area contributed by atoms with Crippen molar-refractivity contribution in [3.05, 3.63) is 184 Å². The monoisotopic (exact) mass is 820 g/mol. The van der Waals surface area contributed by atoms with Crippen LogP contribution in [-0.2, 0) is 27.1 Å². The van der Waals surface area contributed by atoms with Crippen LogP contribution >= 0.6 is 0 Å². The van der Waals surface area contributed by atoms with Gasteiger partial charge in [0.15, 0.2) is 0 Å². The Kier molecular flexibility index (Phi) is 8.20. The van der Waals surface area contributed by atoms with Gasteiger partial charge in [-0.2, -0.15) is 0 Å². The molecule has 11 rings (SSSR count). The van der Waals surface area contributed by atoms with Gasteiger partial charge < -0.3 is 9.80 Å². The molecule has 0 bridgehead atoms. The zero-order valence-corrected chi connectivity index (χ0v) is 39.7. The molecule has 0 radical (unpaired) electrons. The number of rotatable bonds is 2. The van der Waals surface area contributed by atoms with Gasteiger partial charge in [-0.1, -0.05) is 174 Å². The molecule has 0 amide bonds. The fourth-order valence-corrected chi connectivity index (χ4v) is 12.1. The third kappa shape index (κ3) is 5.50. The summed E-state index contributed by atoms with van der Waals surface area (Å²) in [6.45, 7) is 30.9. The predicted molar refractivity (Wildman–Crippen MR) is 271 cm³/mol. The average Bonchev–Trinajstić information content (AvgIpc) is 3.48. The van der Waals surface area contributed by atoms with Crippen molar-refractivity contribution < 1.29 is 0 Å². The van der Waals surface area contributed by atoms with Gasteiger partial charge >= 0.3 is 0 Å². The Morgan fingerprint density at radius 2 is 0.937 bits per heavy atom. The molecule has 63 heavy (non-hydrogen) atoms. The quantitative estimate of drug-likeness (QED) is 0.160. The highest BCUT2D eigenvalue weighted by Gasteiger charge is 2.49. The summed E-state index contributed by atoms with van der Waals surface area (Å²) in [6.07, 6.45) is 0.